The molecule has 2 aromatic rings. The first-order valence-electron chi connectivity index (χ1n) is 5.79. The highest BCUT2D eigenvalue weighted by Gasteiger charge is 2.25. The minimum atomic E-state index is 0.386. The number of para-hydroxylation sites is 1. The van der Waals surface area contributed by atoms with Gasteiger partial charge < -0.3 is 10.5 Å². The summed E-state index contributed by atoms with van der Waals surface area (Å²) in [6.45, 7) is 0. The van der Waals surface area contributed by atoms with Gasteiger partial charge in [-0.05, 0) is 25.0 Å². The van der Waals surface area contributed by atoms with Crippen molar-refractivity contribution in [2.45, 2.75) is 18.9 Å². The molecule has 0 spiro atoms. The zero-order valence-corrected chi connectivity index (χ0v) is 9.76. The highest BCUT2D eigenvalue weighted by molar-refractivity contribution is 5.69. The summed E-state index contributed by atoms with van der Waals surface area (Å²) in [5.41, 5.74) is 7.67. The molecule has 4 nitrogen and oxygen atoms in total. The Morgan fingerprint density at radius 3 is 2.76 bits per heavy atom. The second-order valence-electron chi connectivity index (χ2n) is 4.39. The van der Waals surface area contributed by atoms with Crippen LogP contribution in [0.25, 0.3) is 11.3 Å². The van der Waals surface area contributed by atoms with Gasteiger partial charge in [-0.15, -0.1) is 0 Å². The fourth-order valence-corrected chi connectivity index (χ4v) is 1.76. The van der Waals surface area contributed by atoms with Crippen LogP contribution in [-0.2, 0) is 7.05 Å². The Bertz CT molecular complexity index is 524. The van der Waals surface area contributed by atoms with Gasteiger partial charge >= 0.3 is 0 Å². The number of hydrogen-bond donors (Lipinski definition) is 1. The molecule has 0 radical (unpaired) electrons. The lowest BCUT2D eigenvalue weighted by atomic mass is 10.1. The van der Waals surface area contributed by atoms with Crippen LogP contribution in [-0.4, -0.2) is 15.9 Å². The summed E-state index contributed by atoms with van der Waals surface area (Å²) in [6, 6.07) is 9.83. The first-order chi connectivity index (χ1) is 8.24. The Morgan fingerprint density at radius 2 is 2.12 bits per heavy atom. The molecule has 0 saturated heterocycles. The van der Waals surface area contributed by atoms with E-state index < -0.39 is 0 Å². The number of hydrogen-bond acceptors (Lipinski definition) is 3. The summed E-state index contributed by atoms with van der Waals surface area (Å²) in [5.74, 6) is 1.55. The Kier molecular flexibility index (Phi) is 2.28. The fraction of sp³-hybridized carbons (Fsp3) is 0.308. The van der Waals surface area contributed by atoms with E-state index in [0.29, 0.717) is 11.9 Å². The molecule has 0 atom stereocenters. The SMILES string of the molecule is Cn1nc(-c2ccccc2OC2CC2)cc1N. The summed E-state index contributed by atoms with van der Waals surface area (Å²) >= 11 is 0. The number of ether oxygens (including phenoxy) is 1. The van der Waals surface area contributed by atoms with Gasteiger partial charge in [0.15, 0.2) is 0 Å². The summed E-state index contributed by atoms with van der Waals surface area (Å²) in [4.78, 5) is 0. The third-order valence-electron chi connectivity index (χ3n) is 2.90. The van der Waals surface area contributed by atoms with E-state index in [4.69, 9.17) is 10.5 Å². The smallest absolute Gasteiger partial charge is 0.129 e. The van der Waals surface area contributed by atoms with E-state index in [9.17, 15) is 0 Å². The van der Waals surface area contributed by atoms with Crippen molar-refractivity contribution in [3.63, 3.8) is 0 Å². The number of nitrogens with two attached hydrogens (primary N) is 1. The highest BCUT2D eigenvalue weighted by atomic mass is 16.5. The van der Waals surface area contributed by atoms with E-state index in [-0.39, 0.29) is 0 Å². The van der Waals surface area contributed by atoms with Crippen LogP contribution in [0.3, 0.4) is 0 Å². The van der Waals surface area contributed by atoms with Gasteiger partial charge in [0.05, 0.1) is 11.8 Å². The number of nitrogens with zero attached hydrogens (tertiary/aromatic N) is 2. The largest absolute Gasteiger partial charge is 0.490 e. The molecule has 1 fully saturated rings. The maximum Gasteiger partial charge on any atom is 0.129 e. The third kappa shape index (κ3) is 1.98. The van der Waals surface area contributed by atoms with Gasteiger partial charge in [-0.1, -0.05) is 12.1 Å². The third-order valence-corrected chi connectivity index (χ3v) is 2.90. The molecule has 1 heterocycles. The fourth-order valence-electron chi connectivity index (χ4n) is 1.76. The highest BCUT2D eigenvalue weighted by Crippen LogP contribution is 2.34. The van der Waals surface area contributed by atoms with Gasteiger partial charge in [-0.3, -0.25) is 4.68 Å². The average molecular weight is 229 g/mol. The molecule has 0 amide bonds. The molecule has 4 heteroatoms. The molecule has 3 rings (SSSR count). The van der Waals surface area contributed by atoms with E-state index >= 15 is 0 Å². The zero-order chi connectivity index (χ0) is 11.8. The van der Waals surface area contributed by atoms with E-state index in [1.165, 1.54) is 0 Å². The van der Waals surface area contributed by atoms with Crippen LogP contribution >= 0.6 is 0 Å². The van der Waals surface area contributed by atoms with Crippen LogP contribution in [0.5, 0.6) is 5.75 Å². The first kappa shape index (κ1) is 10.2. The summed E-state index contributed by atoms with van der Waals surface area (Å²) in [6.07, 6.45) is 2.69. The van der Waals surface area contributed by atoms with Gasteiger partial charge in [-0.2, -0.15) is 5.10 Å². The molecule has 1 aromatic carbocycles. The standard InChI is InChI=1S/C13H15N3O/c1-16-13(14)8-11(15-16)10-4-2-3-5-12(10)17-9-6-7-9/h2-5,8-9H,6-7,14H2,1H3. The minimum Gasteiger partial charge on any atom is -0.490 e. The Labute approximate surface area is 100 Å². The second kappa shape index (κ2) is 3.80. The van der Waals surface area contributed by atoms with Gasteiger partial charge in [0, 0.05) is 18.7 Å². The van der Waals surface area contributed by atoms with Crippen molar-refractivity contribution in [1.82, 2.24) is 9.78 Å². The van der Waals surface area contributed by atoms with Crippen molar-refractivity contribution in [3.05, 3.63) is 30.3 Å². The van der Waals surface area contributed by atoms with E-state index in [1.807, 2.05) is 37.4 Å². The number of nitrogen functional groups attached to an aromatic ring is 1. The number of rotatable bonds is 3. The Morgan fingerprint density at radius 1 is 1.35 bits per heavy atom. The van der Waals surface area contributed by atoms with Crippen molar-refractivity contribution in [2.24, 2.45) is 7.05 Å². The maximum atomic E-state index is 5.87. The molecule has 0 bridgehead atoms. The zero-order valence-electron chi connectivity index (χ0n) is 9.76. The van der Waals surface area contributed by atoms with Crippen LogP contribution in [0.4, 0.5) is 5.82 Å². The topological polar surface area (TPSA) is 53.1 Å². The summed E-state index contributed by atoms with van der Waals surface area (Å²) in [7, 11) is 1.84. The normalized spacial score (nSPS) is 14.9. The molecule has 0 unspecified atom stereocenters. The van der Waals surface area contributed by atoms with Gasteiger partial charge in [-0.25, -0.2) is 0 Å². The lowest BCUT2D eigenvalue weighted by Gasteiger charge is -2.08. The molecule has 1 saturated carbocycles. The maximum absolute atomic E-state index is 5.87. The van der Waals surface area contributed by atoms with Crippen molar-refractivity contribution >= 4 is 5.82 Å². The van der Waals surface area contributed by atoms with Crippen LogP contribution in [0.15, 0.2) is 30.3 Å². The Hall–Kier alpha value is -1.97. The molecule has 0 aliphatic heterocycles. The quantitative estimate of drug-likeness (QED) is 0.877. The lowest BCUT2D eigenvalue weighted by molar-refractivity contribution is 0.304. The van der Waals surface area contributed by atoms with Gasteiger partial charge in [0.25, 0.3) is 0 Å². The predicted molar refractivity (Wildman–Crippen MR) is 66.7 cm³/mol. The van der Waals surface area contributed by atoms with Gasteiger partial charge in [0.1, 0.15) is 11.6 Å². The molecule has 1 aliphatic carbocycles. The molecule has 2 N–H and O–H groups in total. The summed E-state index contributed by atoms with van der Waals surface area (Å²) in [5, 5.41) is 4.38. The van der Waals surface area contributed by atoms with E-state index in [2.05, 4.69) is 5.10 Å². The van der Waals surface area contributed by atoms with Crippen LogP contribution < -0.4 is 10.5 Å². The Balaban J connectivity index is 2.00. The van der Waals surface area contributed by atoms with Gasteiger partial charge in [0.2, 0.25) is 0 Å². The summed E-state index contributed by atoms with van der Waals surface area (Å²) < 4.78 is 7.54. The first-order valence-corrected chi connectivity index (χ1v) is 5.79. The lowest BCUT2D eigenvalue weighted by Crippen LogP contribution is -1.98. The second-order valence-corrected chi connectivity index (χ2v) is 4.39. The number of aromatic nitrogens is 2. The average Bonchev–Trinajstić information content (AvgIpc) is 3.06. The number of benzene rings is 1. The van der Waals surface area contributed by atoms with Crippen molar-refractivity contribution in [2.75, 3.05) is 5.73 Å². The molecule has 88 valence electrons. The molecular weight excluding hydrogens is 214 g/mol. The predicted octanol–water partition coefficient (Wildman–Crippen LogP) is 2.21. The van der Waals surface area contributed by atoms with Crippen molar-refractivity contribution in [1.29, 1.82) is 0 Å². The molecule has 1 aliphatic rings. The molecule has 1 aromatic heterocycles. The van der Waals surface area contributed by atoms with E-state index in [0.717, 1.165) is 29.8 Å². The van der Waals surface area contributed by atoms with Crippen LogP contribution in [0, 0.1) is 0 Å². The van der Waals surface area contributed by atoms with Crippen LogP contribution in [0.2, 0.25) is 0 Å². The van der Waals surface area contributed by atoms with Crippen molar-refractivity contribution < 1.29 is 4.74 Å². The van der Waals surface area contributed by atoms with Crippen molar-refractivity contribution in [3.8, 4) is 17.0 Å². The monoisotopic (exact) mass is 229 g/mol. The number of anilines is 1. The molecule has 17 heavy (non-hydrogen) atoms. The van der Waals surface area contributed by atoms with E-state index in [1.54, 1.807) is 4.68 Å². The number of aryl methyl sites for hydroxylation is 1. The molecular formula is C13H15N3O. The minimum absolute atomic E-state index is 0.386. The van der Waals surface area contributed by atoms with Crippen LogP contribution in [0.1, 0.15) is 12.8 Å².